The van der Waals surface area contributed by atoms with Crippen molar-refractivity contribution in [2.75, 3.05) is 12.4 Å². The van der Waals surface area contributed by atoms with E-state index in [-0.39, 0.29) is 17.7 Å². The molecular weight excluding hydrogens is 450 g/mol. The van der Waals surface area contributed by atoms with Crippen LogP contribution in [0.25, 0.3) is 17.2 Å². The summed E-state index contributed by atoms with van der Waals surface area (Å²) in [5, 5.41) is 8.07. The van der Waals surface area contributed by atoms with Gasteiger partial charge in [-0.1, -0.05) is 56.6 Å². The van der Waals surface area contributed by atoms with E-state index < -0.39 is 0 Å². The second kappa shape index (κ2) is 9.06. The Labute approximate surface area is 204 Å². The number of halogens is 1. The van der Waals surface area contributed by atoms with Gasteiger partial charge in [-0.3, -0.25) is 4.79 Å². The first-order valence-electron chi connectivity index (χ1n) is 11.0. The van der Waals surface area contributed by atoms with E-state index in [2.05, 4.69) is 53.3 Å². The predicted molar refractivity (Wildman–Crippen MR) is 135 cm³/mol. The lowest BCUT2D eigenvalue weighted by Gasteiger charge is -2.18. The van der Waals surface area contributed by atoms with E-state index >= 15 is 0 Å². The number of nitrogens with zero attached hydrogens (tertiary/aromatic N) is 4. The quantitative estimate of drug-likeness (QED) is 0.407. The number of carbonyl (C=O) groups excluding carboxylic acids is 1. The molecule has 0 saturated heterocycles. The van der Waals surface area contributed by atoms with Gasteiger partial charge in [-0.2, -0.15) is 4.98 Å². The van der Waals surface area contributed by atoms with Crippen LogP contribution >= 0.6 is 11.6 Å². The van der Waals surface area contributed by atoms with Gasteiger partial charge in [-0.05, 0) is 43.0 Å². The van der Waals surface area contributed by atoms with E-state index in [1.165, 1.54) is 5.56 Å². The molecule has 0 aliphatic heterocycles. The standard InChI is InChI=1S/C26H28ClN5O2/c1-15-20(14-23(33)29-21-13-19(27)11-12-22(21)34-6)16(2)32-25(28-15)30-24(31-32)17-7-9-18(10-8-17)26(3,4)5/h7-13H,14H2,1-6H3,(H,29,33). The van der Waals surface area contributed by atoms with Crippen LogP contribution in [0.5, 0.6) is 5.75 Å². The number of anilines is 1. The molecule has 0 spiro atoms. The van der Waals surface area contributed by atoms with E-state index in [1.54, 1.807) is 29.8 Å². The highest BCUT2D eigenvalue weighted by Crippen LogP contribution is 2.28. The maximum Gasteiger partial charge on any atom is 0.253 e. The summed E-state index contributed by atoms with van der Waals surface area (Å²) in [5.41, 5.74) is 5.11. The van der Waals surface area contributed by atoms with Gasteiger partial charge in [0.05, 0.1) is 19.2 Å². The third-order valence-corrected chi connectivity index (χ3v) is 6.07. The summed E-state index contributed by atoms with van der Waals surface area (Å²) >= 11 is 6.08. The highest BCUT2D eigenvalue weighted by molar-refractivity contribution is 6.31. The minimum absolute atomic E-state index is 0.0741. The largest absolute Gasteiger partial charge is 0.495 e. The SMILES string of the molecule is COc1ccc(Cl)cc1NC(=O)Cc1c(C)nc2nc(-c3ccc(C(C)(C)C)cc3)nn2c1C. The number of benzene rings is 2. The van der Waals surface area contributed by atoms with Crippen molar-refractivity contribution in [3.8, 4) is 17.1 Å². The van der Waals surface area contributed by atoms with E-state index in [4.69, 9.17) is 16.3 Å². The Morgan fingerprint density at radius 2 is 1.79 bits per heavy atom. The zero-order chi connectivity index (χ0) is 24.6. The Morgan fingerprint density at radius 1 is 1.09 bits per heavy atom. The molecule has 2 aromatic carbocycles. The van der Waals surface area contributed by atoms with Crippen LogP contribution in [0, 0.1) is 13.8 Å². The summed E-state index contributed by atoms with van der Waals surface area (Å²) in [6.45, 7) is 10.3. The molecule has 34 heavy (non-hydrogen) atoms. The average Bonchev–Trinajstić information content (AvgIpc) is 3.20. The van der Waals surface area contributed by atoms with E-state index in [9.17, 15) is 4.79 Å². The number of methoxy groups -OCH3 is 1. The number of ether oxygens (including phenoxy) is 1. The molecule has 0 atom stereocenters. The summed E-state index contributed by atoms with van der Waals surface area (Å²) in [7, 11) is 1.55. The number of aryl methyl sites for hydroxylation is 2. The number of fused-ring (bicyclic) bond motifs is 1. The molecule has 176 valence electrons. The predicted octanol–water partition coefficient (Wildman–Crippen LogP) is 5.55. The van der Waals surface area contributed by atoms with Crippen LogP contribution in [0.2, 0.25) is 5.02 Å². The first-order valence-corrected chi connectivity index (χ1v) is 11.4. The van der Waals surface area contributed by atoms with Crippen molar-refractivity contribution in [1.29, 1.82) is 0 Å². The topological polar surface area (TPSA) is 81.4 Å². The molecule has 0 radical (unpaired) electrons. The average molecular weight is 478 g/mol. The molecule has 0 aliphatic carbocycles. The van der Waals surface area contributed by atoms with Crippen LogP contribution in [0.4, 0.5) is 5.69 Å². The molecule has 7 nitrogen and oxygen atoms in total. The monoisotopic (exact) mass is 477 g/mol. The van der Waals surface area contributed by atoms with Crippen LogP contribution in [-0.4, -0.2) is 32.6 Å². The minimum atomic E-state index is -0.203. The maximum atomic E-state index is 12.9. The number of carbonyl (C=O) groups is 1. The zero-order valence-electron chi connectivity index (χ0n) is 20.2. The molecule has 4 aromatic rings. The molecule has 1 N–H and O–H groups in total. The van der Waals surface area contributed by atoms with Crippen molar-refractivity contribution in [3.63, 3.8) is 0 Å². The Bertz CT molecular complexity index is 1370. The molecule has 8 heteroatoms. The van der Waals surface area contributed by atoms with Crippen molar-refractivity contribution >= 4 is 29.0 Å². The number of rotatable bonds is 5. The molecule has 2 aromatic heterocycles. The van der Waals surface area contributed by atoms with Crippen molar-refractivity contribution in [2.24, 2.45) is 0 Å². The Kier molecular flexibility index (Phi) is 6.32. The molecule has 1 amide bonds. The van der Waals surface area contributed by atoms with Gasteiger partial charge in [0.2, 0.25) is 5.91 Å². The highest BCUT2D eigenvalue weighted by Gasteiger charge is 2.19. The van der Waals surface area contributed by atoms with Gasteiger partial charge in [-0.25, -0.2) is 9.50 Å². The molecular formula is C26H28ClN5O2. The van der Waals surface area contributed by atoms with Gasteiger partial charge < -0.3 is 10.1 Å². The molecule has 4 rings (SSSR count). The minimum Gasteiger partial charge on any atom is -0.495 e. The molecule has 2 heterocycles. The van der Waals surface area contributed by atoms with Gasteiger partial charge in [-0.15, -0.1) is 5.10 Å². The van der Waals surface area contributed by atoms with E-state index in [1.807, 2.05) is 26.0 Å². The summed E-state index contributed by atoms with van der Waals surface area (Å²) in [5.74, 6) is 1.44. The van der Waals surface area contributed by atoms with Crippen molar-refractivity contribution in [2.45, 2.75) is 46.5 Å². The van der Waals surface area contributed by atoms with E-state index in [0.29, 0.717) is 28.1 Å². The third kappa shape index (κ3) is 4.75. The normalized spacial score (nSPS) is 11.6. The lowest BCUT2D eigenvalue weighted by molar-refractivity contribution is -0.115. The fraction of sp³-hybridized carbons (Fsp3) is 0.308. The summed E-state index contributed by atoms with van der Waals surface area (Å²) in [6, 6.07) is 13.4. The fourth-order valence-corrected chi connectivity index (χ4v) is 4.01. The second-order valence-electron chi connectivity index (χ2n) is 9.31. The second-order valence-corrected chi connectivity index (χ2v) is 9.74. The summed E-state index contributed by atoms with van der Waals surface area (Å²) in [4.78, 5) is 22.1. The van der Waals surface area contributed by atoms with Crippen LogP contribution in [0.1, 0.15) is 43.3 Å². The maximum absolute atomic E-state index is 12.9. The summed E-state index contributed by atoms with van der Waals surface area (Å²) < 4.78 is 7.02. The molecule has 0 fully saturated rings. The van der Waals surface area contributed by atoms with Gasteiger partial charge >= 0.3 is 0 Å². The van der Waals surface area contributed by atoms with Crippen molar-refractivity contribution in [1.82, 2.24) is 19.6 Å². The number of nitrogens with one attached hydrogen (secondary N) is 1. The van der Waals surface area contributed by atoms with Gasteiger partial charge in [0.1, 0.15) is 5.75 Å². The van der Waals surface area contributed by atoms with Gasteiger partial charge in [0.15, 0.2) is 5.82 Å². The number of hydrogen-bond acceptors (Lipinski definition) is 5. The van der Waals surface area contributed by atoms with Crippen LogP contribution in [0.15, 0.2) is 42.5 Å². The van der Waals surface area contributed by atoms with Crippen LogP contribution in [0.3, 0.4) is 0 Å². The highest BCUT2D eigenvalue weighted by atomic mass is 35.5. The lowest BCUT2D eigenvalue weighted by atomic mass is 9.87. The molecule has 0 unspecified atom stereocenters. The van der Waals surface area contributed by atoms with Gasteiger partial charge in [0, 0.05) is 27.5 Å². The first kappa shape index (κ1) is 23.7. The Balaban J connectivity index is 1.62. The van der Waals surface area contributed by atoms with Crippen LogP contribution in [-0.2, 0) is 16.6 Å². The number of amides is 1. The first-order chi connectivity index (χ1) is 16.1. The summed E-state index contributed by atoms with van der Waals surface area (Å²) in [6.07, 6.45) is 0.131. The van der Waals surface area contributed by atoms with Crippen molar-refractivity contribution in [3.05, 3.63) is 70.0 Å². The Morgan fingerprint density at radius 3 is 2.44 bits per heavy atom. The molecule has 0 saturated carbocycles. The van der Waals surface area contributed by atoms with Crippen molar-refractivity contribution < 1.29 is 9.53 Å². The smallest absolute Gasteiger partial charge is 0.253 e. The number of aromatic nitrogens is 4. The van der Waals surface area contributed by atoms with E-state index in [0.717, 1.165) is 22.5 Å². The fourth-order valence-electron chi connectivity index (χ4n) is 3.84. The molecule has 0 aliphatic rings. The lowest BCUT2D eigenvalue weighted by Crippen LogP contribution is -2.18. The van der Waals surface area contributed by atoms with Gasteiger partial charge in [0.25, 0.3) is 5.78 Å². The zero-order valence-corrected chi connectivity index (χ0v) is 21.0. The molecule has 0 bridgehead atoms. The van der Waals surface area contributed by atoms with Crippen LogP contribution < -0.4 is 10.1 Å². The number of hydrogen-bond donors (Lipinski definition) is 1. The third-order valence-electron chi connectivity index (χ3n) is 5.83. The Hall–Kier alpha value is -3.45.